The van der Waals surface area contributed by atoms with Crippen molar-refractivity contribution in [2.75, 3.05) is 11.4 Å². The first-order chi connectivity index (χ1) is 9.15. The first kappa shape index (κ1) is 11.9. The highest BCUT2D eigenvalue weighted by Gasteiger charge is 2.28. The molecular weight excluding hydrogens is 242 g/mol. The van der Waals surface area contributed by atoms with Crippen molar-refractivity contribution < 1.29 is 9.32 Å². The lowest BCUT2D eigenvalue weighted by molar-refractivity contribution is 0.0974. The smallest absolute Gasteiger partial charge is 0.280 e. The minimum absolute atomic E-state index is 0.0492. The minimum Gasteiger partial charge on any atom is -0.361 e. The molecule has 1 aliphatic heterocycles. The van der Waals surface area contributed by atoms with E-state index >= 15 is 0 Å². The number of rotatable bonds is 1. The molecule has 5 nitrogen and oxygen atoms in total. The first-order valence-corrected chi connectivity index (χ1v) is 6.24. The van der Waals surface area contributed by atoms with Crippen LogP contribution in [0.5, 0.6) is 0 Å². The summed E-state index contributed by atoms with van der Waals surface area (Å²) >= 11 is 0. The van der Waals surface area contributed by atoms with Gasteiger partial charge in [0.05, 0.1) is 0 Å². The van der Waals surface area contributed by atoms with Gasteiger partial charge in [0.2, 0.25) is 0 Å². The molecule has 5 heteroatoms. The molecule has 2 aromatic rings. The maximum atomic E-state index is 12.5. The molecule has 0 saturated carbocycles. The normalized spacial score (nSPS) is 18.2. The molecule has 2 heterocycles. The van der Waals surface area contributed by atoms with Crippen LogP contribution in [0, 0.1) is 6.92 Å². The summed E-state index contributed by atoms with van der Waals surface area (Å²) in [6, 6.07) is 9.41. The largest absolute Gasteiger partial charge is 0.361 e. The van der Waals surface area contributed by atoms with Gasteiger partial charge in [-0.3, -0.25) is 4.79 Å². The van der Waals surface area contributed by atoms with Crippen LogP contribution < -0.4 is 10.6 Å². The molecule has 1 unspecified atom stereocenters. The van der Waals surface area contributed by atoms with Gasteiger partial charge in [-0.2, -0.15) is 0 Å². The van der Waals surface area contributed by atoms with Gasteiger partial charge < -0.3 is 15.2 Å². The molecule has 1 atom stereocenters. The molecule has 1 aromatic heterocycles. The number of hydrogen-bond acceptors (Lipinski definition) is 4. The zero-order valence-electron chi connectivity index (χ0n) is 10.7. The van der Waals surface area contributed by atoms with E-state index in [2.05, 4.69) is 5.16 Å². The van der Waals surface area contributed by atoms with Gasteiger partial charge in [-0.1, -0.05) is 23.4 Å². The minimum atomic E-state index is -0.167. The van der Waals surface area contributed by atoms with Crippen LogP contribution in [0.25, 0.3) is 0 Å². The fraction of sp³-hybridized carbons (Fsp3) is 0.286. The highest BCUT2D eigenvalue weighted by Crippen LogP contribution is 2.27. The van der Waals surface area contributed by atoms with Crippen LogP contribution in [-0.4, -0.2) is 23.7 Å². The quantitative estimate of drug-likeness (QED) is 0.840. The Balaban J connectivity index is 1.99. The Bertz CT molecular complexity index is 621. The zero-order chi connectivity index (χ0) is 13.4. The summed E-state index contributed by atoms with van der Waals surface area (Å²) in [7, 11) is 0. The molecule has 1 amide bonds. The number of anilines is 1. The van der Waals surface area contributed by atoms with Gasteiger partial charge in [0.25, 0.3) is 5.91 Å². The summed E-state index contributed by atoms with van der Waals surface area (Å²) in [6.45, 7) is 2.27. The number of fused-ring (bicyclic) bond motifs is 1. The summed E-state index contributed by atoms with van der Waals surface area (Å²) in [5.74, 6) is 0.456. The van der Waals surface area contributed by atoms with Gasteiger partial charge in [-0.25, -0.2) is 0 Å². The summed E-state index contributed by atoms with van der Waals surface area (Å²) < 4.78 is 4.96. The van der Waals surface area contributed by atoms with Crippen molar-refractivity contribution in [1.82, 2.24) is 5.16 Å². The highest BCUT2D eigenvalue weighted by atomic mass is 16.5. The number of hydrogen-bond donors (Lipinski definition) is 1. The van der Waals surface area contributed by atoms with E-state index in [9.17, 15) is 4.79 Å². The fourth-order valence-corrected chi connectivity index (χ4v) is 2.42. The van der Waals surface area contributed by atoms with E-state index in [1.54, 1.807) is 17.9 Å². The number of nitrogens with two attached hydrogens (primary N) is 1. The lowest BCUT2D eigenvalue weighted by Crippen LogP contribution is -2.46. The maximum absolute atomic E-state index is 12.5. The molecule has 1 aromatic carbocycles. The molecule has 98 valence electrons. The third-order valence-corrected chi connectivity index (χ3v) is 3.27. The van der Waals surface area contributed by atoms with E-state index in [0.29, 0.717) is 18.0 Å². The van der Waals surface area contributed by atoms with E-state index in [0.717, 1.165) is 17.7 Å². The number of amides is 1. The van der Waals surface area contributed by atoms with Crippen molar-refractivity contribution >= 4 is 11.6 Å². The number of aromatic nitrogens is 1. The summed E-state index contributed by atoms with van der Waals surface area (Å²) in [5.41, 5.74) is 8.35. The third kappa shape index (κ3) is 2.13. The number of para-hydroxylation sites is 1. The number of benzene rings is 1. The average Bonchev–Trinajstić information content (AvgIpc) is 2.83. The lowest BCUT2D eigenvalue weighted by Gasteiger charge is -2.32. The number of aryl methyl sites for hydroxylation is 1. The molecule has 2 N–H and O–H groups in total. The van der Waals surface area contributed by atoms with Crippen LogP contribution >= 0.6 is 0 Å². The molecule has 19 heavy (non-hydrogen) atoms. The Kier molecular flexibility index (Phi) is 2.83. The number of nitrogens with zero attached hydrogens (tertiary/aromatic N) is 2. The summed E-state index contributed by atoms with van der Waals surface area (Å²) in [5, 5.41) is 3.78. The summed E-state index contributed by atoms with van der Waals surface area (Å²) in [4.78, 5) is 14.2. The van der Waals surface area contributed by atoms with Gasteiger partial charge in [0, 0.05) is 24.3 Å². The van der Waals surface area contributed by atoms with Crippen molar-refractivity contribution in [3.63, 3.8) is 0 Å². The van der Waals surface area contributed by atoms with Crippen LogP contribution in [0.4, 0.5) is 5.69 Å². The predicted molar refractivity (Wildman–Crippen MR) is 71.0 cm³/mol. The third-order valence-electron chi connectivity index (χ3n) is 3.27. The first-order valence-electron chi connectivity index (χ1n) is 6.24. The Morgan fingerprint density at radius 2 is 2.26 bits per heavy atom. The standard InChI is InChI=1S/C14H15N3O2/c1-9-6-12(16-19-9)14(18)17-8-11(15)7-10-4-2-3-5-13(10)17/h2-6,11H,7-8,15H2,1H3. The van der Waals surface area contributed by atoms with Crippen LogP contribution in [0.3, 0.4) is 0 Å². The number of carbonyl (C=O) groups excluding carboxylic acids is 1. The van der Waals surface area contributed by atoms with E-state index < -0.39 is 0 Å². The molecule has 0 radical (unpaired) electrons. The van der Waals surface area contributed by atoms with Crippen molar-refractivity contribution in [3.8, 4) is 0 Å². The van der Waals surface area contributed by atoms with Crippen molar-refractivity contribution in [2.45, 2.75) is 19.4 Å². The molecule has 0 bridgehead atoms. The van der Waals surface area contributed by atoms with Crippen LogP contribution in [0.2, 0.25) is 0 Å². The second kappa shape index (κ2) is 4.51. The molecular formula is C14H15N3O2. The molecule has 0 aliphatic carbocycles. The van der Waals surface area contributed by atoms with E-state index in [1.165, 1.54) is 0 Å². The predicted octanol–water partition coefficient (Wildman–Crippen LogP) is 1.51. The van der Waals surface area contributed by atoms with Gasteiger partial charge in [-0.15, -0.1) is 0 Å². The van der Waals surface area contributed by atoms with Crippen molar-refractivity contribution in [1.29, 1.82) is 0 Å². The Hall–Kier alpha value is -2.14. The Morgan fingerprint density at radius 1 is 1.47 bits per heavy atom. The van der Waals surface area contributed by atoms with Gasteiger partial charge in [0.1, 0.15) is 5.76 Å². The SMILES string of the molecule is Cc1cc(C(=O)N2CC(N)Cc3ccccc32)no1. The van der Waals surface area contributed by atoms with Crippen molar-refractivity contribution in [2.24, 2.45) is 5.73 Å². The van der Waals surface area contributed by atoms with Gasteiger partial charge in [-0.05, 0) is 25.0 Å². The molecule has 0 fully saturated rings. The highest BCUT2D eigenvalue weighted by molar-refractivity contribution is 6.05. The number of carbonyl (C=O) groups is 1. The summed E-state index contributed by atoms with van der Waals surface area (Å²) in [6.07, 6.45) is 0.789. The second-order valence-corrected chi connectivity index (χ2v) is 4.83. The van der Waals surface area contributed by atoms with Crippen molar-refractivity contribution in [3.05, 3.63) is 47.3 Å². The lowest BCUT2D eigenvalue weighted by atomic mass is 9.98. The van der Waals surface area contributed by atoms with E-state index in [-0.39, 0.29) is 11.9 Å². The van der Waals surface area contributed by atoms with Crippen LogP contribution in [-0.2, 0) is 6.42 Å². The van der Waals surface area contributed by atoms with Gasteiger partial charge in [0.15, 0.2) is 5.69 Å². The van der Waals surface area contributed by atoms with Crippen LogP contribution in [0.1, 0.15) is 21.8 Å². The molecule has 1 aliphatic rings. The Morgan fingerprint density at radius 3 is 3.00 bits per heavy atom. The maximum Gasteiger partial charge on any atom is 0.280 e. The van der Waals surface area contributed by atoms with Gasteiger partial charge >= 0.3 is 0 Å². The zero-order valence-corrected chi connectivity index (χ0v) is 10.7. The molecule has 0 saturated heterocycles. The molecule has 3 rings (SSSR count). The average molecular weight is 257 g/mol. The van der Waals surface area contributed by atoms with E-state index in [1.807, 2.05) is 24.3 Å². The Labute approximate surface area is 111 Å². The monoisotopic (exact) mass is 257 g/mol. The van der Waals surface area contributed by atoms with E-state index in [4.69, 9.17) is 10.3 Å². The van der Waals surface area contributed by atoms with Crippen LogP contribution in [0.15, 0.2) is 34.9 Å². The molecule has 0 spiro atoms. The second-order valence-electron chi connectivity index (χ2n) is 4.83. The fourth-order valence-electron chi connectivity index (χ4n) is 2.42. The topological polar surface area (TPSA) is 72.4 Å².